The summed E-state index contributed by atoms with van der Waals surface area (Å²) >= 11 is 0. The lowest BCUT2D eigenvalue weighted by Gasteiger charge is -2.24. The molecule has 0 radical (unpaired) electrons. The van der Waals surface area contributed by atoms with Crippen LogP contribution in [0.5, 0.6) is 0 Å². The Morgan fingerprint density at radius 2 is 2.27 bits per heavy atom. The Morgan fingerprint density at radius 3 is 2.80 bits per heavy atom. The number of carbonyl (C=O) groups is 1. The molecule has 1 aromatic rings. The van der Waals surface area contributed by atoms with Crippen molar-refractivity contribution in [1.82, 2.24) is 10.1 Å². The number of rotatable bonds is 4. The molecule has 0 aromatic carbocycles. The second-order valence-electron chi connectivity index (χ2n) is 3.71. The van der Waals surface area contributed by atoms with Gasteiger partial charge in [0.15, 0.2) is 0 Å². The van der Waals surface area contributed by atoms with Gasteiger partial charge in [-0.3, -0.25) is 4.79 Å². The maximum Gasteiger partial charge on any atom is 0.290 e. The highest BCUT2D eigenvalue weighted by Gasteiger charge is 2.40. The average molecular weight is 210 g/mol. The molecule has 0 spiro atoms. The van der Waals surface area contributed by atoms with E-state index in [1.165, 1.54) is 0 Å². The second kappa shape index (κ2) is 4.10. The van der Waals surface area contributed by atoms with Crippen molar-refractivity contribution in [1.29, 1.82) is 0 Å². The molecule has 0 saturated heterocycles. The molecule has 1 saturated carbocycles. The van der Waals surface area contributed by atoms with Crippen LogP contribution in [0.15, 0.2) is 4.52 Å². The Labute approximate surface area is 87.8 Å². The van der Waals surface area contributed by atoms with Crippen molar-refractivity contribution in [2.75, 3.05) is 6.61 Å². The minimum Gasteiger partial charge on any atom is -0.367 e. The maximum atomic E-state index is 10.5. The molecular weight excluding hydrogens is 196 g/mol. The van der Waals surface area contributed by atoms with Crippen LogP contribution in [0, 0.1) is 0 Å². The summed E-state index contributed by atoms with van der Waals surface area (Å²) in [6, 6.07) is 0. The van der Waals surface area contributed by atoms with Gasteiger partial charge >= 0.3 is 0 Å². The summed E-state index contributed by atoms with van der Waals surface area (Å²) in [6.45, 7) is 2.56. The van der Waals surface area contributed by atoms with Crippen LogP contribution in [-0.2, 0) is 10.3 Å². The lowest BCUT2D eigenvalue weighted by atomic mass is 10.0. The first kappa shape index (κ1) is 10.3. The van der Waals surface area contributed by atoms with Crippen LogP contribution in [0.3, 0.4) is 0 Å². The molecule has 1 fully saturated rings. The van der Waals surface area contributed by atoms with E-state index < -0.39 is 5.60 Å². The third-order valence-corrected chi connectivity index (χ3v) is 2.78. The van der Waals surface area contributed by atoms with Gasteiger partial charge in [0, 0.05) is 6.61 Å². The van der Waals surface area contributed by atoms with E-state index in [1.807, 2.05) is 6.92 Å². The molecule has 1 heterocycles. The van der Waals surface area contributed by atoms with Crippen LogP contribution in [0.1, 0.15) is 49.1 Å². The topological polar surface area (TPSA) is 65.2 Å². The Bertz CT molecular complexity index is 342. The van der Waals surface area contributed by atoms with Crippen molar-refractivity contribution in [2.24, 2.45) is 0 Å². The van der Waals surface area contributed by atoms with Crippen molar-refractivity contribution in [3.05, 3.63) is 11.7 Å². The molecule has 82 valence electrons. The van der Waals surface area contributed by atoms with Gasteiger partial charge in [-0.15, -0.1) is 0 Å². The molecule has 1 aliphatic rings. The number of ether oxygens (including phenoxy) is 1. The van der Waals surface area contributed by atoms with Gasteiger partial charge in [0.25, 0.3) is 5.89 Å². The molecule has 1 aromatic heterocycles. The van der Waals surface area contributed by atoms with E-state index in [2.05, 4.69) is 10.1 Å². The Balaban J connectivity index is 2.27. The summed E-state index contributed by atoms with van der Waals surface area (Å²) in [5.41, 5.74) is -0.417. The largest absolute Gasteiger partial charge is 0.367 e. The van der Waals surface area contributed by atoms with E-state index in [1.54, 1.807) is 0 Å². The molecule has 1 aliphatic carbocycles. The third kappa shape index (κ3) is 1.79. The van der Waals surface area contributed by atoms with Gasteiger partial charge in [-0.05, 0) is 32.6 Å². The number of aromatic nitrogens is 2. The van der Waals surface area contributed by atoms with Gasteiger partial charge in [-0.25, -0.2) is 0 Å². The lowest BCUT2D eigenvalue weighted by molar-refractivity contribution is -0.0469. The molecule has 2 rings (SSSR count). The average Bonchev–Trinajstić information content (AvgIpc) is 2.85. The second-order valence-corrected chi connectivity index (χ2v) is 3.71. The SMILES string of the molecule is CCOC1(c2noc(C=O)n2)CCCC1. The summed E-state index contributed by atoms with van der Waals surface area (Å²) in [5, 5.41) is 3.82. The summed E-state index contributed by atoms with van der Waals surface area (Å²) in [5.74, 6) is 0.542. The van der Waals surface area contributed by atoms with Gasteiger partial charge in [-0.1, -0.05) is 5.16 Å². The van der Waals surface area contributed by atoms with Crippen LogP contribution in [-0.4, -0.2) is 23.0 Å². The highest BCUT2D eigenvalue weighted by Crippen LogP contribution is 2.40. The van der Waals surface area contributed by atoms with Gasteiger partial charge in [0.2, 0.25) is 12.1 Å². The Hall–Kier alpha value is -1.23. The first-order valence-electron chi connectivity index (χ1n) is 5.24. The van der Waals surface area contributed by atoms with E-state index in [9.17, 15) is 4.79 Å². The standard InChI is InChI=1S/C10H14N2O3/c1-2-14-10(5-3-4-6-10)9-11-8(7-13)15-12-9/h7H,2-6H2,1H3. The fourth-order valence-corrected chi connectivity index (χ4v) is 2.12. The monoisotopic (exact) mass is 210 g/mol. The molecule has 0 bridgehead atoms. The van der Waals surface area contributed by atoms with Gasteiger partial charge in [-0.2, -0.15) is 4.98 Å². The van der Waals surface area contributed by atoms with E-state index in [-0.39, 0.29) is 5.89 Å². The molecule has 0 N–H and O–H groups in total. The van der Waals surface area contributed by atoms with Gasteiger partial charge in [0.1, 0.15) is 5.60 Å². The van der Waals surface area contributed by atoms with Gasteiger partial charge < -0.3 is 9.26 Å². The number of aldehydes is 1. The first-order chi connectivity index (χ1) is 7.30. The van der Waals surface area contributed by atoms with Crippen LogP contribution in [0.4, 0.5) is 0 Å². The maximum absolute atomic E-state index is 10.5. The molecule has 0 unspecified atom stereocenters. The molecule has 5 heteroatoms. The zero-order chi connectivity index (χ0) is 10.7. The van der Waals surface area contributed by atoms with Crippen LogP contribution < -0.4 is 0 Å². The van der Waals surface area contributed by atoms with E-state index in [4.69, 9.17) is 9.26 Å². The lowest BCUT2D eigenvalue weighted by Crippen LogP contribution is -2.27. The highest BCUT2D eigenvalue weighted by atomic mass is 16.5. The van der Waals surface area contributed by atoms with Crippen molar-refractivity contribution >= 4 is 6.29 Å². The minimum absolute atomic E-state index is 0.0241. The normalized spacial score (nSPS) is 19.3. The Morgan fingerprint density at radius 1 is 1.53 bits per heavy atom. The Kier molecular flexibility index (Phi) is 2.81. The van der Waals surface area contributed by atoms with Crippen LogP contribution in [0.25, 0.3) is 0 Å². The van der Waals surface area contributed by atoms with Gasteiger partial charge in [0.05, 0.1) is 0 Å². The number of carbonyl (C=O) groups excluding carboxylic acids is 1. The predicted octanol–water partition coefficient (Wildman–Crippen LogP) is 1.69. The highest BCUT2D eigenvalue weighted by molar-refractivity contribution is 5.67. The zero-order valence-corrected chi connectivity index (χ0v) is 8.73. The quantitative estimate of drug-likeness (QED) is 0.707. The number of hydrogen-bond acceptors (Lipinski definition) is 5. The fraction of sp³-hybridized carbons (Fsp3) is 0.700. The first-order valence-corrected chi connectivity index (χ1v) is 5.24. The van der Waals surface area contributed by atoms with E-state index in [0.29, 0.717) is 18.7 Å². The fourth-order valence-electron chi connectivity index (χ4n) is 2.12. The minimum atomic E-state index is -0.417. The molecule has 5 nitrogen and oxygen atoms in total. The van der Waals surface area contributed by atoms with Crippen molar-refractivity contribution < 1.29 is 14.1 Å². The molecule has 0 amide bonds. The van der Waals surface area contributed by atoms with E-state index >= 15 is 0 Å². The number of nitrogens with zero attached hydrogens (tertiary/aromatic N) is 2. The molecule has 0 aliphatic heterocycles. The van der Waals surface area contributed by atoms with E-state index in [0.717, 1.165) is 25.7 Å². The van der Waals surface area contributed by atoms with Crippen molar-refractivity contribution in [3.63, 3.8) is 0 Å². The molecule has 0 atom stereocenters. The zero-order valence-electron chi connectivity index (χ0n) is 8.73. The van der Waals surface area contributed by atoms with Crippen molar-refractivity contribution in [2.45, 2.75) is 38.2 Å². The molecular formula is C10H14N2O3. The smallest absolute Gasteiger partial charge is 0.290 e. The summed E-state index contributed by atoms with van der Waals surface area (Å²) in [7, 11) is 0. The van der Waals surface area contributed by atoms with Crippen LogP contribution >= 0.6 is 0 Å². The van der Waals surface area contributed by atoms with Crippen molar-refractivity contribution in [3.8, 4) is 0 Å². The predicted molar refractivity (Wildman–Crippen MR) is 51.5 cm³/mol. The summed E-state index contributed by atoms with van der Waals surface area (Å²) in [4.78, 5) is 14.5. The third-order valence-electron chi connectivity index (χ3n) is 2.78. The molecule has 15 heavy (non-hydrogen) atoms. The van der Waals surface area contributed by atoms with Crippen LogP contribution in [0.2, 0.25) is 0 Å². The summed E-state index contributed by atoms with van der Waals surface area (Å²) in [6.07, 6.45) is 4.57. The number of hydrogen-bond donors (Lipinski definition) is 0. The summed E-state index contributed by atoms with van der Waals surface area (Å²) < 4.78 is 10.5.